The minimum Gasteiger partial charge on any atom is -0.381 e. The molecule has 0 aliphatic rings. The number of rotatable bonds is 3. The van der Waals surface area contributed by atoms with Gasteiger partial charge in [0, 0.05) is 21.7 Å². The first kappa shape index (κ1) is 14.4. The zero-order valence-corrected chi connectivity index (χ0v) is 13.4. The van der Waals surface area contributed by atoms with Gasteiger partial charge in [-0.1, -0.05) is 45.7 Å². The van der Waals surface area contributed by atoms with Crippen molar-refractivity contribution in [2.75, 3.05) is 5.32 Å². The Labute approximate surface area is 135 Å². The van der Waals surface area contributed by atoms with Crippen molar-refractivity contribution in [2.24, 2.45) is 0 Å². The van der Waals surface area contributed by atoms with Crippen LogP contribution >= 0.6 is 27.5 Å². The standard InChI is InChI=1S/C17H12BrClFN/c18-14-4-1-12-8-16(6-3-11(12)7-14)21-10-13-2-5-15(20)9-17(13)19/h1-9,21H,10H2. The molecule has 1 N–H and O–H groups in total. The molecule has 0 aliphatic heterocycles. The topological polar surface area (TPSA) is 12.0 Å². The highest BCUT2D eigenvalue weighted by Gasteiger charge is 2.03. The van der Waals surface area contributed by atoms with Gasteiger partial charge in [0.1, 0.15) is 5.82 Å². The third-order valence-electron chi connectivity index (χ3n) is 3.30. The molecule has 0 atom stereocenters. The molecule has 0 aromatic heterocycles. The number of hydrogen-bond acceptors (Lipinski definition) is 1. The lowest BCUT2D eigenvalue weighted by molar-refractivity contribution is 0.627. The molecule has 0 saturated heterocycles. The normalized spacial score (nSPS) is 10.8. The van der Waals surface area contributed by atoms with Crippen molar-refractivity contribution in [1.82, 2.24) is 0 Å². The molecular formula is C17H12BrClFN. The van der Waals surface area contributed by atoms with E-state index in [0.29, 0.717) is 11.6 Å². The van der Waals surface area contributed by atoms with E-state index in [-0.39, 0.29) is 5.82 Å². The van der Waals surface area contributed by atoms with Crippen molar-refractivity contribution in [3.63, 3.8) is 0 Å². The SMILES string of the molecule is Fc1ccc(CNc2ccc3cc(Br)ccc3c2)c(Cl)c1. The van der Waals surface area contributed by atoms with Gasteiger partial charge in [0.2, 0.25) is 0 Å². The molecule has 0 spiro atoms. The summed E-state index contributed by atoms with van der Waals surface area (Å²) in [4.78, 5) is 0. The van der Waals surface area contributed by atoms with Crippen LogP contribution in [-0.2, 0) is 6.54 Å². The largest absolute Gasteiger partial charge is 0.381 e. The second kappa shape index (κ2) is 6.04. The smallest absolute Gasteiger partial charge is 0.124 e. The first-order valence-electron chi connectivity index (χ1n) is 6.49. The van der Waals surface area contributed by atoms with E-state index in [1.165, 1.54) is 17.5 Å². The van der Waals surface area contributed by atoms with E-state index in [9.17, 15) is 4.39 Å². The molecule has 0 amide bonds. The van der Waals surface area contributed by atoms with Gasteiger partial charge in [-0.15, -0.1) is 0 Å². The van der Waals surface area contributed by atoms with Gasteiger partial charge in [0.25, 0.3) is 0 Å². The van der Waals surface area contributed by atoms with E-state index in [1.807, 2.05) is 12.1 Å². The highest BCUT2D eigenvalue weighted by Crippen LogP contribution is 2.24. The van der Waals surface area contributed by atoms with Crippen molar-refractivity contribution < 1.29 is 4.39 Å². The monoisotopic (exact) mass is 363 g/mol. The Morgan fingerprint density at radius 1 is 0.952 bits per heavy atom. The minimum absolute atomic E-state index is 0.319. The molecule has 3 rings (SSSR count). The van der Waals surface area contributed by atoms with Crippen LogP contribution in [0.1, 0.15) is 5.56 Å². The summed E-state index contributed by atoms with van der Waals surface area (Å²) in [7, 11) is 0. The van der Waals surface area contributed by atoms with Crippen LogP contribution in [-0.4, -0.2) is 0 Å². The summed E-state index contributed by atoms with van der Waals surface area (Å²) in [5.41, 5.74) is 1.87. The summed E-state index contributed by atoms with van der Waals surface area (Å²) in [6.45, 7) is 0.557. The number of benzene rings is 3. The van der Waals surface area contributed by atoms with Crippen LogP contribution in [0.15, 0.2) is 59.1 Å². The average molecular weight is 365 g/mol. The predicted octanol–water partition coefficient (Wildman–Crippen LogP) is 6.01. The first-order chi connectivity index (χ1) is 10.1. The Morgan fingerprint density at radius 2 is 1.71 bits per heavy atom. The van der Waals surface area contributed by atoms with Crippen molar-refractivity contribution >= 4 is 44.0 Å². The third-order valence-corrected chi connectivity index (χ3v) is 4.15. The molecule has 21 heavy (non-hydrogen) atoms. The van der Waals surface area contributed by atoms with Crippen LogP contribution in [0.2, 0.25) is 5.02 Å². The molecule has 0 fully saturated rings. The van der Waals surface area contributed by atoms with Gasteiger partial charge in [0.15, 0.2) is 0 Å². The van der Waals surface area contributed by atoms with Gasteiger partial charge >= 0.3 is 0 Å². The minimum atomic E-state index is -0.319. The van der Waals surface area contributed by atoms with Crippen LogP contribution in [0.5, 0.6) is 0 Å². The molecule has 0 bridgehead atoms. The zero-order chi connectivity index (χ0) is 14.8. The maximum Gasteiger partial charge on any atom is 0.124 e. The molecule has 3 aromatic rings. The third kappa shape index (κ3) is 3.36. The summed E-state index contributed by atoms with van der Waals surface area (Å²) < 4.78 is 14.1. The van der Waals surface area contributed by atoms with E-state index in [4.69, 9.17) is 11.6 Å². The lowest BCUT2D eigenvalue weighted by atomic mass is 10.1. The van der Waals surface area contributed by atoms with E-state index in [0.717, 1.165) is 21.1 Å². The quantitative estimate of drug-likeness (QED) is 0.600. The molecule has 0 radical (unpaired) electrons. The van der Waals surface area contributed by atoms with Crippen molar-refractivity contribution in [3.05, 3.63) is 75.5 Å². The summed E-state index contributed by atoms with van der Waals surface area (Å²) >= 11 is 9.49. The Kier molecular flexibility index (Phi) is 4.13. The number of hydrogen-bond donors (Lipinski definition) is 1. The highest BCUT2D eigenvalue weighted by atomic mass is 79.9. The van der Waals surface area contributed by atoms with E-state index >= 15 is 0 Å². The molecule has 4 heteroatoms. The summed E-state index contributed by atoms with van der Waals surface area (Å²) in [5.74, 6) is -0.319. The van der Waals surface area contributed by atoms with E-state index < -0.39 is 0 Å². The molecule has 0 aliphatic carbocycles. The number of fused-ring (bicyclic) bond motifs is 1. The zero-order valence-electron chi connectivity index (χ0n) is 11.0. The molecule has 3 aromatic carbocycles. The second-order valence-corrected chi connectivity index (χ2v) is 6.12. The van der Waals surface area contributed by atoms with Crippen molar-refractivity contribution in [3.8, 4) is 0 Å². The van der Waals surface area contributed by atoms with Gasteiger partial charge in [-0.05, 0) is 52.7 Å². The van der Waals surface area contributed by atoms with Crippen LogP contribution in [0.4, 0.5) is 10.1 Å². The van der Waals surface area contributed by atoms with Crippen molar-refractivity contribution in [1.29, 1.82) is 0 Å². The van der Waals surface area contributed by atoms with Gasteiger partial charge in [-0.3, -0.25) is 0 Å². The van der Waals surface area contributed by atoms with Crippen LogP contribution in [0, 0.1) is 5.82 Å². The number of anilines is 1. The van der Waals surface area contributed by atoms with Gasteiger partial charge in [0.05, 0.1) is 0 Å². The Hall–Kier alpha value is -1.58. The molecule has 0 heterocycles. The predicted molar refractivity (Wildman–Crippen MR) is 90.4 cm³/mol. The molecule has 0 saturated carbocycles. The number of nitrogens with one attached hydrogen (secondary N) is 1. The number of halogens is 3. The van der Waals surface area contributed by atoms with E-state index in [1.54, 1.807) is 6.07 Å². The maximum atomic E-state index is 13.0. The van der Waals surface area contributed by atoms with Crippen LogP contribution in [0.25, 0.3) is 10.8 Å². The molecular weight excluding hydrogens is 353 g/mol. The van der Waals surface area contributed by atoms with Crippen molar-refractivity contribution in [2.45, 2.75) is 6.54 Å². The average Bonchev–Trinajstić information content (AvgIpc) is 2.46. The lowest BCUT2D eigenvalue weighted by Gasteiger charge is -2.09. The van der Waals surface area contributed by atoms with Gasteiger partial charge in [-0.25, -0.2) is 4.39 Å². The highest BCUT2D eigenvalue weighted by molar-refractivity contribution is 9.10. The fraction of sp³-hybridized carbons (Fsp3) is 0.0588. The van der Waals surface area contributed by atoms with Crippen LogP contribution in [0.3, 0.4) is 0 Å². The first-order valence-corrected chi connectivity index (χ1v) is 7.66. The van der Waals surface area contributed by atoms with Crippen LogP contribution < -0.4 is 5.32 Å². The van der Waals surface area contributed by atoms with Gasteiger partial charge in [-0.2, -0.15) is 0 Å². The Morgan fingerprint density at radius 3 is 2.52 bits per heavy atom. The Bertz CT molecular complexity index is 804. The maximum absolute atomic E-state index is 13.0. The Balaban J connectivity index is 1.80. The molecule has 106 valence electrons. The van der Waals surface area contributed by atoms with E-state index in [2.05, 4.69) is 45.5 Å². The lowest BCUT2D eigenvalue weighted by Crippen LogP contribution is -2.00. The molecule has 0 unspecified atom stereocenters. The summed E-state index contributed by atoms with van der Waals surface area (Å²) in [6, 6.07) is 16.8. The summed E-state index contributed by atoms with van der Waals surface area (Å²) in [5, 5.41) is 6.08. The van der Waals surface area contributed by atoms with Gasteiger partial charge < -0.3 is 5.32 Å². The fourth-order valence-electron chi connectivity index (χ4n) is 2.19. The second-order valence-electron chi connectivity index (χ2n) is 4.80. The summed E-state index contributed by atoms with van der Waals surface area (Å²) in [6.07, 6.45) is 0. The fourth-order valence-corrected chi connectivity index (χ4v) is 2.80. The molecule has 1 nitrogen and oxygen atoms in total.